The number of anilines is 1. The van der Waals surface area contributed by atoms with Crippen molar-refractivity contribution in [3.8, 4) is 0 Å². The molecule has 0 radical (unpaired) electrons. The van der Waals surface area contributed by atoms with E-state index in [-0.39, 0.29) is 0 Å². The van der Waals surface area contributed by atoms with Gasteiger partial charge in [-0.1, -0.05) is 11.8 Å². The monoisotopic (exact) mass is 247 g/mol. The van der Waals surface area contributed by atoms with E-state index in [1.807, 2.05) is 20.0 Å². The Bertz CT molecular complexity index is 485. The number of aromatic nitrogens is 4. The van der Waals surface area contributed by atoms with Gasteiger partial charge < -0.3 is 5.32 Å². The summed E-state index contributed by atoms with van der Waals surface area (Å²) in [5.74, 6) is 1.49. The fourth-order valence-corrected chi connectivity index (χ4v) is 1.96. The quantitative estimate of drug-likeness (QED) is 0.657. The first-order valence-corrected chi connectivity index (χ1v) is 6.17. The van der Waals surface area contributed by atoms with Gasteiger partial charge in [-0.2, -0.15) is 0 Å². The topological polar surface area (TPSA) is 63.6 Å². The third-order valence-electron chi connectivity index (χ3n) is 2.08. The molecule has 0 amide bonds. The van der Waals surface area contributed by atoms with Crippen molar-refractivity contribution in [2.24, 2.45) is 0 Å². The maximum absolute atomic E-state index is 4.31. The van der Waals surface area contributed by atoms with Crippen molar-refractivity contribution in [3.05, 3.63) is 36.0 Å². The highest BCUT2D eigenvalue weighted by Crippen LogP contribution is 2.17. The van der Waals surface area contributed by atoms with Crippen LogP contribution in [0.15, 0.2) is 29.8 Å². The summed E-state index contributed by atoms with van der Waals surface area (Å²) in [6.45, 7) is 1.95. The van der Waals surface area contributed by atoms with Crippen LogP contribution in [0, 0.1) is 6.92 Å². The summed E-state index contributed by atoms with van der Waals surface area (Å²) in [5.41, 5.74) is 1.89. The Labute approximate surface area is 104 Å². The highest BCUT2D eigenvalue weighted by atomic mass is 32.2. The van der Waals surface area contributed by atoms with E-state index in [9.17, 15) is 0 Å². The largest absolute Gasteiger partial charge is 0.372 e. The van der Waals surface area contributed by atoms with Gasteiger partial charge in [0.1, 0.15) is 5.82 Å². The third kappa shape index (κ3) is 3.39. The normalized spacial score (nSPS) is 10.2. The summed E-state index contributed by atoms with van der Waals surface area (Å²) in [6.07, 6.45) is 5.24. The molecule has 88 valence electrons. The Balaban J connectivity index is 1.97. The molecule has 2 rings (SSSR count). The molecule has 0 atom stereocenters. The van der Waals surface area contributed by atoms with Gasteiger partial charge in [0.25, 0.3) is 0 Å². The van der Waals surface area contributed by atoms with Gasteiger partial charge in [-0.3, -0.25) is 4.98 Å². The van der Waals surface area contributed by atoms with Gasteiger partial charge in [0.15, 0.2) is 5.16 Å². The summed E-state index contributed by atoms with van der Waals surface area (Å²) in [4.78, 5) is 17.0. The molecule has 0 unspecified atom stereocenters. The molecular weight excluding hydrogens is 234 g/mol. The van der Waals surface area contributed by atoms with E-state index in [1.54, 1.807) is 30.4 Å². The molecule has 2 heterocycles. The van der Waals surface area contributed by atoms with E-state index < -0.39 is 0 Å². The number of hydrogen-bond donors (Lipinski definition) is 1. The lowest BCUT2D eigenvalue weighted by Gasteiger charge is -2.02. The molecule has 2 aromatic heterocycles. The fraction of sp³-hybridized carbons (Fsp3) is 0.273. The van der Waals surface area contributed by atoms with Gasteiger partial charge in [-0.25, -0.2) is 15.0 Å². The van der Waals surface area contributed by atoms with Gasteiger partial charge in [0, 0.05) is 24.7 Å². The minimum Gasteiger partial charge on any atom is -0.372 e. The number of rotatable bonds is 4. The molecule has 0 aromatic carbocycles. The van der Waals surface area contributed by atoms with Crippen LogP contribution in [0.3, 0.4) is 0 Å². The van der Waals surface area contributed by atoms with Crippen molar-refractivity contribution < 1.29 is 0 Å². The average Bonchev–Trinajstić information content (AvgIpc) is 2.37. The highest BCUT2D eigenvalue weighted by Gasteiger charge is 2.01. The Morgan fingerprint density at radius 2 is 2.12 bits per heavy atom. The molecule has 0 fully saturated rings. The van der Waals surface area contributed by atoms with Crippen molar-refractivity contribution >= 4 is 17.6 Å². The molecule has 17 heavy (non-hydrogen) atoms. The first-order valence-electron chi connectivity index (χ1n) is 5.19. The predicted octanol–water partition coefficient (Wildman–Crippen LogP) is 1.91. The lowest BCUT2D eigenvalue weighted by atomic mass is 10.5. The Morgan fingerprint density at radius 1 is 1.24 bits per heavy atom. The van der Waals surface area contributed by atoms with Gasteiger partial charge in [0.05, 0.1) is 18.1 Å². The van der Waals surface area contributed by atoms with Crippen LogP contribution in [0.5, 0.6) is 0 Å². The molecule has 0 bridgehead atoms. The second-order valence-corrected chi connectivity index (χ2v) is 4.35. The van der Waals surface area contributed by atoms with Gasteiger partial charge in [-0.15, -0.1) is 0 Å². The zero-order valence-corrected chi connectivity index (χ0v) is 10.5. The van der Waals surface area contributed by atoms with E-state index in [0.717, 1.165) is 28.1 Å². The highest BCUT2D eigenvalue weighted by molar-refractivity contribution is 7.98. The number of hydrogen-bond acceptors (Lipinski definition) is 6. The second-order valence-electron chi connectivity index (χ2n) is 3.41. The van der Waals surface area contributed by atoms with Crippen LogP contribution in [0.4, 0.5) is 5.82 Å². The Hall–Kier alpha value is -1.69. The maximum Gasteiger partial charge on any atom is 0.188 e. The molecule has 0 saturated carbocycles. The molecule has 0 spiro atoms. The first kappa shape index (κ1) is 11.8. The van der Waals surface area contributed by atoms with E-state index in [2.05, 4.69) is 25.3 Å². The number of aryl methyl sites for hydroxylation is 1. The van der Waals surface area contributed by atoms with Gasteiger partial charge in [0.2, 0.25) is 0 Å². The van der Waals surface area contributed by atoms with Crippen LogP contribution < -0.4 is 5.32 Å². The van der Waals surface area contributed by atoms with Crippen molar-refractivity contribution in [1.82, 2.24) is 19.9 Å². The zero-order chi connectivity index (χ0) is 12.1. The first-order chi connectivity index (χ1) is 8.28. The van der Waals surface area contributed by atoms with Crippen LogP contribution in [-0.4, -0.2) is 27.0 Å². The van der Waals surface area contributed by atoms with E-state index in [1.165, 1.54) is 0 Å². The zero-order valence-electron chi connectivity index (χ0n) is 9.71. The summed E-state index contributed by atoms with van der Waals surface area (Å²) >= 11 is 1.56. The second kappa shape index (κ2) is 5.58. The van der Waals surface area contributed by atoms with Crippen molar-refractivity contribution in [1.29, 1.82) is 0 Å². The van der Waals surface area contributed by atoms with Crippen LogP contribution >= 0.6 is 11.8 Å². The van der Waals surface area contributed by atoms with Gasteiger partial charge in [-0.05, 0) is 13.0 Å². The molecule has 0 saturated heterocycles. The molecule has 0 aliphatic rings. The van der Waals surface area contributed by atoms with Crippen LogP contribution in [0.2, 0.25) is 0 Å². The average molecular weight is 247 g/mol. The third-order valence-corrected chi connectivity index (χ3v) is 2.98. The maximum atomic E-state index is 4.31. The lowest BCUT2D eigenvalue weighted by molar-refractivity contribution is 0.930. The van der Waals surface area contributed by atoms with Crippen molar-refractivity contribution in [2.45, 2.75) is 17.8 Å². The van der Waals surface area contributed by atoms with Crippen LogP contribution in [-0.2, 0) is 5.75 Å². The van der Waals surface area contributed by atoms with Crippen molar-refractivity contribution in [2.75, 3.05) is 12.4 Å². The standard InChI is InChI=1S/C11H13N5S/c1-8-3-4-13-11(16-8)17-7-9-5-15-10(12-2)6-14-9/h3-6H,7H2,1-2H3,(H,12,15). The summed E-state index contributed by atoms with van der Waals surface area (Å²) in [6, 6.07) is 1.88. The Morgan fingerprint density at radius 3 is 2.76 bits per heavy atom. The SMILES string of the molecule is CNc1cnc(CSc2nccc(C)n2)cn1. The smallest absolute Gasteiger partial charge is 0.188 e. The summed E-state index contributed by atoms with van der Waals surface area (Å²) in [5, 5.41) is 3.70. The number of thioether (sulfide) groups is 1. The fourth-order valence-electron chi connectivity index (χ4n) is 1.19. The molecule has 1 N–H and O–H groups in total. The molecule has 0 aliphatic carbocycles. The van der Waals surface area contributed by atoms with Crippen LogP contribution in [0.1, 0.15) is 11.4 Å². The molecule has 0 aliphatic heterocycles. The number of nitrogens with one attached hydrogen (secondary N) is 1. The minimum absolute atomic E-state index is 0.723. The molecule has 6 heteroatoms. The lowest BCUT2D eigenvalue weighted by Crippen LogP contribution is -1.96. The number of nitrogens with zero attached hydrogens (tertiary/aromatic N) is 4. The predicted molar refractivity (Wildman–Crippen MR) is 67.9 cm³/mol. The summed E-state index contributed by atoms with van der Waals surface area (Å²) in [7, 11) is 1.82. The van der Waals surface area contributed by atoms with Crippen molar-refractivity contribution in [3.63, 3.8) is 0 Å². The van der Waals surface area contributed by atoms with Crippen LogP contribution in [0.25, 0.3) is 0 Å². The molecule has 2 aromatic rings. The summed E-state index contributed by atoms with van der Waals surface area (Å²) < 4.78 is 0. The molecular formula is C11H13N5S. The van der Waals surface area contributed by atoms with Gasteiger partial charge >= 0.3 is 0 Å². The van der Waals surface area contributed by atoms with E-state index >= 15 is 0 Å². The Kier molecular flexibility index (Phi) is 3.87. The minimum atomic E-state index is 0.723. The molecule has 5 nitrogen and oxygen atoms in total. The van der Waals surface area contributed by atoms with E-state index in [0.29, 0.717) is 0 Å². The van der Waals surface area contributed by atoms with E-state index in [4.69, 9.17) is 0 Å².